The second-order valence-corrected chi connectivity index (χ2v) is 10.9. The molecule has 39 heavy (non-hydrogen) atoms. The fourth-order valence-corrected chi connectivity index (χ4v) is 7.10. The maximum absolute atomic E-state index is 13.9. The molecule has 4 aliphatic rings. The van der Waals surface area contributed by atoms with Gasteiger partial charge in [0.05, 0.1) is 31.7 Å². The molecule has 1 aromatic heterocycles. The number of likely N-dealkylation sites (N-methyl/N-ethyl adjacent to an activating group) is 1. The van der Waals surface area contributed by atoms with E-state index in [1.54, 1.807) is 14.2 Å². The Balaban J connectivity index is 1.33. The number of piperidine rings is 1. The van der Waals surface area contributed by atoms with Gasteiger partial charge < -0.3 is 19.3 Å². The van der Waals surface area contributed by atoms with Crippen LogP contribution in [0.4, 0.5) is 4.79 Å². The molecule has 0 saturated carbocycles. The van der Waals surface area contributed by atoms with E-state index in [2.05, 4.69) is 30.3 Å². The van der Waals surface area contributed by atoms with Gasteiger partial charge in [0, 0.05) is 55.1 Å². The van der Waals surface area contributed by atoms with Gasteiger partial charge in [0.1, 0.15) is 11.5 Å². The van der Waals surface area contributed by atoms with Crippen LogP contribution in [0, 0.1) is 0 Å². The zero-order valence-electron chi connectivity index (χ0n) is 23.5. The molecule has 9 heteroatoms. The number of hydrogen-bond acceptors (Lipinski definition) is 5. The molecular formula is C30H37N5O4. The number of urea groups is 1. The second-order valence-electron chi connectivity index (χ2n) is 10.9. The molecule has 2 saturated heterocycles. The third-order valence-corrected chi connectivity index (χ3v) is 8.97. The number of allylic oxidation sites excluding steroid dienone is 1. The first-order chi connectivity index (χ1) is 18.8. The van der Waals surface area contributed by atoms with E-state index < -0.39 is 5.54 Å². The Morgan fingerprint density at radius 2 is 1.87 bits per heavy atom. The van der Waals surface area contributed by atoms with E-state index in [0.29, 0.717) is 50.5 Å². The van der Waals surface area contributed by atoms with Gasteiger partial charge in [-0.25, -0.2) is 4.79 Å². The van der Waals surface area contributed by atoms with Crippen molar-refractivity contribution in [2.75, 3.05) is 33.9 Å². The predicted octanol–water partition coefficient (Wildman–Crippen LogP) is 2.73. The van der Waals surface area contributed by atoms with Gasteiger partial charge in [0.25, 0.3) is 5.91 Å². The predicted molar refractivity (Wildman–Crippen MR) is 148 cm³/mol. The SMILES string of the molecule is CCN1C(=O)N2Cc3cc(OC)cc(OC)c3C(C)C=C2C12CCN(C(=O)c1nn(C)c3c1=CCCC=3)CC2. The van der Waals surface area contributed by atoms with Crippen LogP contribution >= 0.6 is 0 Å². The summed E-state index contributed by atoms with van der Waals surface area (Å²) in [5, 5.41) is 6.57. The fraction of sp³-hybridized carbons (Fsp3) is 0.500. The van der Waals surface area contributed by atoms with Crippen molar-refractivity contribution in [3.63, 3.8) is 0 Å². The number of aryl methyl sites for hydroxylation is 1. The summed E-state index contributed by atoms with van der Waals surface area (Å²) in [4.78, 5) is 33.4. The Morgan fingerprint density at radius 3 is 2.56 bits per heavy atom. The molecule has 2 fully saturated rings. The minimum Gasteiger partial charge on any atom is -0.497 e. The topological polar surface area (TPSA) is 80.1 Å². The highest BCUT2D eigenvalue weighted by Crippen LogP contribution is 2.49. The second kappa shape index (κ2) is 9.47. The lowest BCUT2D eigenvalue weighted by Crippen LogP contribution is -2.55. The number of ether oxygens (including phenoxy) is 2. The quantitative estimate of drug-likeness (QED) is 0.606. The molecule has 1 aliphatic carbocycles. The van der Waals surface area contributed by atoms with E-state index in [1.807, 2.05) is 45.5 Å². The highest BCUT2D eigenvalue weighted by Gasteiger charge is 2.55. The molecular weight excluding hydrogens is 494 g/mol. The van der Waals surface area contributed by atoms with E-state index in [-0.39, 0.29) is 17.9 Å². The van der Waals surface area contributed by atoms with Crippen LogP contribution in [0.2, 0.25) is 0 Å². The molecule has 0 radical (unpaired) electrons. The van der Waals surface area contributed by atoms with Crippen LogP contribution in [0.25, 0.3) is 12.2 Å². The van der Waals surface area contributed by atoms with Crippen LogP contribution in [0.15, 0.2) is 23.9 Å². The summed E-state index contributed by atoms with van der Waals surface area (Å²) in [6, 6.07) is 3.95. The Hall–Kier alpha value is -3.75. The average molecular weight is 532 g/mol. The number of fused-ring (bicyclic) bond motifs is 4. The van der Waals surface area contributed by atoms with E-state index in [9.17, 15) is 9.59 Å². The maximum atomic E-state index is 13.9. The first-order valence-corrected chi connectivity index (χ1v) is 13.9. The zero-order valence-corrected chi connectivity index (χ0v) is 23.5. The van der Waals surface area contributed by atoms with Crippen molar-refractivity contribution in [3.05, 3.63) is 51.3 Å². The van der Waals surface area contributed by atoms with E-state index in [4.69, 9.17) is 9.47 Å². The van der Waals surface area contributed by atoms with Crippen molar-refractivity contribution in [3.8, 4) is 11.5 Å². The number of methoxy groups -OCH3 is 2. The van der Waals surface area contributed by atoms with Gasteiger partial charge in [-0.1, -0.05) is 25.2 Å². The molecule has 1 unspecified atom stereocenters. The lowest BCUT2D eigenvalue weighted by Gasteiger charge is -2.44. The van der Waals surface area contributed by atoms with Crippen molar-refractivity contribution in [2.24, 2.45) is 7.05 Å². The van der Waals surface area contributed by atoms with E-state index in [1.165, 1.54) is 0 Å². The molecule has 0 N–H and O–H groups in total. The minimum atomic E-state index is -0.445. The number of aromatic nitrogens is 2. The van der Waals surface area contributed by atoms with Crippen LogP contribution in [-0.2, 0) is 13.6 Å². The molecule has 1 spiro atoms. The van der Waals surface area contributed by atoms with Crippen molar-refractivity contribution in [1.82, 2.24) is 24.5 Å². The number of benzene rings is 1. The summed E-state index contributed by atoms with van der Waals surface area (Å²) in [6.45, 7) is 6.42. The minimum absolute atomic E-state index is 0.0225. The molecule has 4 heterocycles. The lowest BCUT2D eigenvalue weighted by atomic mass is 9.82. The molecule has 3 amide bonds. The number of nitrogens with zero attached hydrogens (tertiary/aromatic N) is 5. The molecule has 1 atom stereocenters. The standard InChI is InChI=1S/C30H37N5O4/c1-6-35-29(37)34-18-20-16-21(38-4)17-24(39-5)26(20)19(2)15-25(34)30(35)11-13-33(14-12-30)28(36)27-22-9-7-8-10-23(22)32(3)31-27/h9-10,15-17,19H,6-8,11-14,18H2,1-5H3. The Morgan fingerprint density at radius 1 is 1.13 bits per heavy atom. The molecule has 2 aromatic rings. The third-order valence-electron chi connectivity index (χ3n) is 8.97. The summed E-state index contributed by atoms with van der Waals surface area (Å²) in [7, 11) is 5.22. The molecule has 9 nitrogen and oxygen atoms in total. The van der Waals surface area contributed by atoms with Gasteiger partial charge in [0.15, 0.2) is 5.69 Å². The summed E-state index contributed by atoms with van der Waals surface area (Å²) in [5.41, 5.74) is 3.26. The van der Waals surface area contributed by atoms with Crippen LogP contribution in [0.1, 0.15) is 67.1 Å². The van der Waals surface area contributed by atoms with E-state index >= 15 is 0 Å². The Kier molecular flexibility index (Phi) is 6.19. The number of carbonyl (C=O) groups is 2. The molecule has 3 aliphatic heterocycles. The van der Waals surface area contributed by atoms with E-state index in [0.717, 1.165) is 46.0 Å². The van der Waals surface area contributed by atoms with Crippen molar-refractivity contribution in [2.45, 2.75) is 57.5 Å². The fourth-order valence-electron chi connectivity index (χ4n) is 7.10. The maximum Gasteiger partial charge on any atom is 0.325 e. The Labute approximate surface area is 228 Å². The largest absolute Gasteiger partial charge is 0.497 e. The number of amides is 3. The molecule has 0 bridgehead atoms. The number of carbonyl (C=O) groups excluding carboxylic acids is 2. The zero-order chi connectivity index (χ0) is 27.5. The van der Waals surface area contributed by atoms with Crippen LogP contribution in [0.3, 0.4) is 0 Å². The molecule has 1 aromatic carbocycles. The summed E-state index contributed by atoms with van der Waals surface area (Å²) >= 11 is 0. The Bertz CT molecular complexity index is 1500. The van der Waals surface area contributed by atoms with Crippen molar-refractivity contribution in [1.29, 1.82) is 0 Å². The molecule has 6 rings (SSSR count). The average Bonchev–Trinajstić information content (AvgIpc) is 3.32. The third kappa shape index (κ3) is 3.77. The van der Waals surface area contributed by atoms with Gasteiger partial charge in [-0.3, -0.25) is 14.4 Å². The summed E-state index contributed by atoms with van der Waals surface area (Å²) < 4.78 is 13.1. The summed E-state index contributed by atoms with van der Waals surface area (Å²) in [5.74, 6) is 1.52. The van der Waals surface area contributed by atoms with Crippen molar-refractivity contribution < 1.29 is 19.1 Å². The van der Waals surface area contributed by atoms with Crippen LogP contribution < -0.4 is 20.0 Å². The van der Waals surface area contributed by atoms with Crippen LogP contribution in [0.5, 0.6) is 11.5 Å². The lowest BCUT2D eigenvalue weighted by molar-refractivity contribution is 0.0568. The first kappa shape index (κ1) is 25.5. The normalized spacial score (nSPS) is 21.4. The van der Waals surface area contributed by atoms with Crippen molar-refractivity contribution >= 4 is 24.1 Å². The van der Waals surface area contributed by atoms with Gasteiger partial charge >= 0.3 is 6.03 Å². The molecule has 206 valence electrons. The highest BCUT2D eigenvalue weighted by atomic mass is 16.5. The van der Waals surface area contributed by atoms with Crippen LogP contribution in [-0.4, -0.2) is 75.8 Å². The first-order valence-electron chi connectivity index (χ1n) is 13.9. The smallest absolute Gasteiger partial charge is 0.325 e. The van der Waals surface area contributed by atoms with Gasteiger partial charge in [-0.15, -0.1) is 0 Å². The summed E-state index contributed by atoms with van der Waals surface area (Å²) in [6.07, 6.45) is 9.81. The highest BCUT2D eigenvalue weighted by molar-refractivity contribution is 5.93. The number of likely N-dealkylation sites (tertiary alicyclic amines) is 1. The van der Waals surface area contributed by atoms with Gasteiger partial charge in [0.2, 0.25) is 0 Å². The number of rotatable bonds is 4. The number of hydrogen-bond donors (Lipinski definition) is 0. The van der Waals surface area contributed by atoms with Gasteiger partial charge in [-0.2, -0.15) is 5.10 Å². The monoisotopic (exact) mass is 531 g/mol. The van der Waals surface area contributed by atoms with Gasteiger partial charge in [-0.05, 0) is 44.2 Å².